The monoisotopic (exact) mass is 1060 g/mol. The molecule has 5 N–H and O–H groups in total. The van der Waals surface area contributed by atoms with Crippen molar-refractivity contribution in [3.05, 3.63) is 75.8 Å². The number of pyridine rings is 2. The van der Waals surface area contributed by atoms with Gasteiger partial charge < -0.3 is 50.6 Å². The van der Waals surface area contributed by atoms with Gasteiger partial charge in [-0.3, -0.25) is 38.2 Å². The molecule has 4 amide bonds. The second-order valence-corrected chi connectivity index (χ2v) is 20.6. The molecular weight excluding hydrogens is 987 g/mol. The van der Waals surface area contributed by atoms with Crippen molar-refractivity contribution in [2.75, 3.05) is 101 Å². The molecule has 2 aliphatic heterocycles. The highest BCUT2D eigenvalue weighted by Crippen LogP contribution is 2.33. The highest BCUT2D eigenvalue weighted by molar-refractivity contribution is 6.00. The molecule has 1 aliphatic carbocycles. The van der Waals surface area contributed by atoms with Crippen LogP contribution in [0, 0.1) is 24.0 Å². The molecule has 3 aliphatic rings. The normalized spacial score (nSPS) is 18.2. The van der Waals surface area contributed by atoms with Crippen LogP contribution < -0.4 is 37.0 Å². The Labute approximate surface area is 441 Å². The van der Waals surface area contributed by atoms with Crippen LogP contribution >= 0.6 is 0 Å². The third-order valence-electron chi connectivity index (χ3n) is 14.2. The van der Waals surface area contributed by atoms with E-state index in [0.717, 1.165) is 82.3 Å². The van der Waals surface area contributed by atoms with E-state index >= 15 is 0 Å². The average molecular weight is 1060 g/mol. The number of rotatable bonds is 23. The number of likely N-dealkylation sites (tertiary alicyclic amines) is 1. The largest absolute Gasteiger partial charge is 0.378 e. The number of nitrogens with one attached hydrogen (secondary N) is 5. The van der Waals surface area contributed by atoms with Crippen LogP contribution in [0.3, 0.4) is 0 Å². The summed E-state index contributed by atoms with van der Waals surface area (Å²) in [7, 11) is 1.60. The maximum absolute atomic E-state index is 14.5. The molecule has 23 heteroatoms. The number of aromatic nitrogens is 4. The van der Waals surface area contributed by atoms with E-state index in [2.05, 4.69) is 46.4 Å². The molecule has 1 saturated carbocycles. The Balaban J connectivity index is 0.788. The number of nitrogens with zero attached hydrogens (tertiary/aromatic N) is 7. The van der Waals surface area contributed by atoms with Gasteiger partial charge in [0.25, 0.3) is 5.56 Å². The summed E-state index contributed by atoms with van der Waals surface area (Å²) in [6.07, 6.45) is 7.19. The molecule has 412 valence electrons. The lowest BCUT2D eigenvalue weighted by molar-refractivity contribution is -0.143. The first kappa shape index (κ1) is 57.2. The highest BCUT2D eigenvalue weighted by atomic mass is 19.1. The van der Waals surface area contributed by atoms with Crippen LogP contribution in [-0.2, 0) is 33.4 Å². The first-order valence-electron chi connectivity index (χ1n) is 26.0. The van der Waals surface area contributed by atoms with Crippen LogP contribution in [0.2, 0.25) is 0 Å². The van der Waals surface area contributed by atoms with E-state index in [0.29, 0.717) is 48.2 Å². The van der Waals surface area contributed by atoms with Crippen molar-refractivity contribution in [1.29, 1.82) is 0 Å². The molecule has 0 bridgehead atoms. The third kappa shape index (κ3) is 14.3. The number of hydrogen-bond acceptors (Lipinski definition) is 16. The number of carbonyl (C=O) groups excluding carboxylic acids is 5. The number of piperazine rings is 1. The molecule has 3 aromatic heterocycles. The second kappa shape index (κ2) is 26.0. The molecule has 21 nitrogen and oxygen atoms in total. The average Bonchev–Trinajstić information content (AvgIpc) is 4.10. The standard InChI is InChI=1S/C53H72F2N12O9/c1-32-38-29-58-52(63-47(38)67(36-11-8-9-12-36)50(72)44(32)34(3)68)60-42-16-15-37(28-57-42)65-19-17-64(18-20-65)21-22-74-23-24-75-25-26-76-31-43(69)59-35-27-41(49(71)61-45-39(54)13-10-14-40(45)55)66(30-35)51(73)46(53(4,5)6)62-48(70)33(2)56-7/h10,13-16,28-29,33,35-36,41,46,56H,8-9,11-12,17-27,30-31H2,1-7H3,(H,59,69)(H,61,71)(H,62,70)(H,57,58,60,63). The quantitative estimate of drug-likeness (QED) is 0.0523. The maximum atomic E-state index is 14.5. The predicted octanol–water partition coefficient (Wildman–Crippen LogP) is 3.87. The molecule has 7 rings (SSSR count). The fraction of sp³-hybridized carbons (Fsp3) is 0.566. The van der Waals surface area contributed by atoms with Crippen LogP contribution in [0.4, 0.5) is 31.9 Å². The smallest absolute Gasteiger partial charge is 0.263 e. The van der Waals surface area contributed by atoms with E-state index in [-0.39, 0.29) is 55.7 Å². The van der Waals surface area contributed by atoms with Crippen LogP contribution in [0.15, 0.2) is 47.5 Å². The number of anilines is 4. The van der Waals surface area contributed by atoms with Gasteiger partial charge in [-0.15, -0.1) is 0 Å². The minimum atomic E-state index is -1.23. The molecule has 0 spiro atoms. The van der Waals surface area contributed by atoms with Crippen molar-refractivity contribution >= 4 is 63.6 Å². The zero-order valence-corrected chi connectivity index (χ0v) is 44.5. The number of amides is 4. The van der Waals surface area contributed by atoms with Crippen molar-refractivity contribution in [2.45, 2.75) is 104 Å². The molecule has 4 atom stereocenters. The topological polar surface area (TPSA) is 244 Å². The summed E-state index contributed by atoms with van der Waals surface area (Å²) in [6.45, 7) is 15.3. The molecule has 4 aromatic rings. The molecule has 5 heterocycles. The lowest BCUT2D eigenvalue weighted by Gasteiger charge is -2.36. The fourth-order valence-corrected chi connectivity index (χ4v) is 9.84. The van der Waals surface area contributed by atoms with Crippen LogP contribution in [0.1, 0.15) is 88.7 Å². The van der Waals surface area contributed by atoms with Gasteiger partial charge in [-0.2, -0.15) is 4.98 Å². The van der Waals surface area contributed by atoms with Crippen molar-refractivity contribution in [3.63, 3.8) is 0 Å². The number of likely N-dealkylation sites (N-methyl/N-ethyl adjacent to an activating group) is 1. The Morgan fingerprint density at radius 2 is 1.55 bits per heavy atom. The number of hydrogen-bond donors (Lipinski definition) is 5. The summed E-state index contributed by atoms with van der Waals surface area (Å²) in [5.41, 5.74) is 0.543. The van der Waals surface area contributed by atoms with Crippen molar-refractivity contribution in [2.24, 2.45) is 5.41 Å². The summed E-state index contributed by atoms with van der Waals surface area (Å²) >= 11 is 0. The zero-order chi connectivity index (χ0) is 54.7. The molecule has 0 radical (unpaired) electrons. The number of ketones is 1. The third-order valence-corrected chi connectivity index (χ3v) is 14.2. The molecule has 1 aromatic carbocycles. The van der Waals surface area contributed by atoms with Crippen molar-refractivity contribution in [1.82, 2.24) is 45.3 Å². The fourth-order valence-electron chi connectivity index (χ4n) is 9.84. The van der Waals surface area contributed by atoms with Crippen LogP contribution in [0.25, 0.3) is 11.0 Å². The lowest BCUT2D eigenvalue weighted by atomic mass is 9.85. The van der Waals surface area contributed by atoms with Gasteiger partial charge in [0.15, 0.2) is 5.78 Å². The summed E-state index contributed by atoms with van der Waals surface area (Å²) in [5, 5.41) is 14.6. The Morgan fingerprint density at radius 3 is 2.18 bits per heavy atom. The Kier molecular flexibility index (Phi) is 19.6. The number of para-hydroxylation sites is 1. The molecular formula is C53H72F2N12O9. The van der Waals surface area contributed by atoms with Crippen molar-refractivity contribution < 1.29 is 47.0 Å². The van der Waals surface area contributed by atoms with E-state index < -0.39 is 70.5 Å². The minimum absolute atomic E-state index is 0.0141. The minimum Gasteiger partial charge on any atom is -0.378 e. The number of aryl methyl sites for hydroxylation is 1. The molecule has 76 heavy (non-hydrogen) atoms. The van der Waals surface area contributed by atoms with Crippen LogP contribution in [-0.4, -0.2) is 169 Å². The summed E-state index contributed by atoms with van der Waals surface area (Å²) in [5.74, 6) is -3.75. The van der Waals surface area contributed by atoms with Gasteiger partial charge in [-0.1, -0.05) is 39.7 Å². The van der Waals surface area contributed by atoms with E-state index in [4.69, 9.17) is 19.2 Å². The maximum Gasteiger partial charge on any atom is 0.263 e. The number of halogens is 2. The Bertz CT molecular complexity index is 2740. The van der Waals surface area contributed by atoms with Gasteiger partial charge in [0.2, 0.25) is 29.6 Å². The molecule has 2 saturated heterocycles. The second-order valence-electron chi connectivity index (χ2n) is 20.6. The lowest BCUT2D eigenvalue weighted by Crippen LogP contribution is -2.59. The number of ether oxygens (including phenoxy) is 3. The first-order chi connectivity index (χ1) is 36.3. The van der Waals surface area contributed by atoms with Crippen LogP contribution in [0.5, 0.6) is 0 Å². The number of Topliss-reactive ketones (excluding diaryl/α,β-unsaturated/α-hetero) is 1. The summed E-state index contributed by atoms with van der Waals surface area (Å²) in [6, 6.07) is 3.37. The van der Waals surface area contributed by atoms with E-state index in [1.807, 2.05) is 18.3 Å². The summed E-state index contributed by atoms with van der Waals surface area (Å²) in [4.78, 5) is 99.5. The number of benzene rings is 1. The summed E-state index contributed by atoms with van der Waals surface area (Å²) < 4.78 is 47.8. The molecule has 4 unspecified atom stereocenters. The first-order valence-corrected chi connectivity index (χ1v) is 26.0. The van der Waals surface area contributed by atoms with Gasteiger partial charge >= 0.3 is 0 Å². The highest BCUT2D eigenvalue weighted by Gasteiger charge is 2.46. The van der Waals surface area contributed by atoms with E-state index in [9.17, 15) is 37.5 Å². The van der Waals surface area contributed by atoms with Gasteiger partial charge in [-0.05, 0) is 82.3 Å². The predicted molar refractivity (Wildman–Crippen MR) is 282 cm³/mol. The Morgan fingerprint density at radius 1 is 0.882 bits per heavy atom. The van der Waals surface area contributed by atoms with Crippen molar-refractivity contribution in [3.8, 4) is 0 Å². The Hall–Kier alpha value is -6.53. The van der Waals surface area contributed by atoms with Gasteiger partial charge in [0, 0.05) is 62.9 Å². The van der Waals surface area contributed by atoms with E-state index in [1.165, 1.54) is 11.8 Å². The van der Waals surface area contributed by atoms with Gasteiger partial charge in [-0.25, -0.2) is 18.7 Å². The van der Waals surface area contributed by atoms with Gasteiger partial charge in [0.05, 0.1) is 56.5 Å². The number of fused-ring (bicyclic) bond motifs is 1. The number of carbonyl (C=O) groups is 5. The zero-order valence-electron chi connectivity index (χ0n) is 44.5. The van der Waals surface area contributed by atoms with Gasteiger partial charge in [0.1, 0.15) is 47.5 Å². The van der Waals surface area contributed by atoms with E-state index in [1.54, 1.807) is 52.4 Å². The molecule has 3 fully saturated rings. The SMILES string of the molecule is CNC(C)C(=O)NC(C(=O)N1CC(NC(=O)COCCOCCOCCN2CCN(c3ccc(Nc4ncc5c(C)c(C(C)=O)c(=O)n(C6CCCC6)c5n4)nc3)CC2)CC1C(=O)Nc1c(F)cccc1F)C(C)(C)C.